The molecular weight excluding hydrogens is 343 g/mol. The molecule has 24 heavy (non-hydrogen) atoms. The average molecular weight is 367 g/mol. The highest BCUT2D eigenvalue weighted by atomic mass is 32.2. The van der Waals surface area contributed by atoms with E-state index in [1.54, 1.807) is 30.5 Å². The first-order valence-electron chi connectivity index (χ1n) is 7.86. The van der Waals surface area contributed by atoms with E-state index in [2.05, 4.69) is 39.8 Å². The molecule has 0 fully saturated rings. The maximum absolute atomic E-state index is 13.5. The average Bonchev–Trinajstić information content (AvgIpc) is 3.05. The number of halogens is 1. The summed E-state index contributed by atoms with van der Waals surface area (Å²) in [6.45, 7) is 5.63. The Morgan fingerprint density at radius 3 is 2.79 bits per heavy atom. The first-order chi connectivity index (χ1) is 11.6. The van der Waals surface area contributed by atoms with Crippen molar-refractivity contribution in [2.45, 2.75) is 31.2 Å². The van der Waals surface area contributed by atoms with Crippen LogP contribution in [0.25, 0.3) is 0 Å². The first-order valence-corrected chi connectivity index (χ1v) is 9.72. The van der Waals surface area contributed by atoms with Gasteiger partial charge in [-0.05, 0) is 18.1 Å². The molecule has 0 radical (unpaired) electrons. The Balaban J connectivity index is 1.71. The fourth-order valence-electron chi connectivity index (χ4n) is 1.94. The van der Waals surface area contributed by atoms with Gasteiger partial charge in [0.05, 0.1) is 12.2 Å². The SMILES string of the molecule is CN=C(NCCSc1ccccc1F)NCc1nc(C(C)C)cs1. The van der Waals surface area contributed by atoms with Crippen molar-refractivity contribution >= 4 is 29.1 Å². The Morgan fingerprint density at radius 2 is 2.12 bits per heavy atom. The number of hydrogen-bond donors (Lipinski definition) is 2. The minimum Gasteiger partial charge on any atom is -0.356 e. The molecule has 7 heteroatoms. The zero-order chi connectivity index (χ0) is 17.4. The van der Waals surface area contributed by atoms with Crippen molar-refractivity contribution < 1.29 is 4.39 Å². The number of rotatable bonds is 7. The summed E-state index contributed by atoms with van der Waals surface area (Å²) in [4.78, 5) is 9.46. The van der Waals surface area contributed by atoms with Crippen molar-refractivity contribution in [1.29, 1.82) is 0 Å². The molecule has 2 rings (SSSR count). The van der Waals surface area contributed by atoms with Gasteiger partial charge in [-0.1, -0.05) is 26.0 Å². The van der Waals surface area contributed by atoms with Crippen molar-refractivity contribution in [2.75, 3.05) is 19.3 Å². The van der Waals surface area contributed by atoms with Crippen LogP contribution in [0.2, 0.25) is 0 Å². The predicted octanol–water partition coefficient (Wildman–Crippen LogP) is 3.86. The summed E-state index contributed by atoms with van der Waals surface area (Å²) >= 11 is 3.15. The Hall–Kier alpha value is -1.60. The Bertz CT molecular complexity index is 670. The van der Waals surface area contributed by atoms with Gasteiger partial charge < -0.3 is 10.6 Å². The zero-order valence-electron chi connectivity index (χ0n) is 14.2. The van der Waals surface area contributed by atoms with Gasteiger partial charge >= 0.3 is 0 Å². The lowest BCUT2D eigenvalue weighted by atomic mass is 10.2. The lowest BCUT2D eigenvalue weighted by Gasteiger charge is -2.11. The van der Waals surface area contributed by atoms with E-state index in [1.165, 1.54) is 17.8 Å². The second kappa shape index (κ2) is 9.64. The minimum absolute atomic E-state index is 0.172. The van der Waals surface area contributed by atoms with Crippen LogP contribution in [0.1, 0.15) is 30.5 Å². The number of hydrogen-bond acceptors (Lipinski definition) is 4. The normalized spacial score (nSPS) is 11.8. The maximum Gasteiger partial charge on any atom is 0.191 e. The second-order valence-corrected chi connectivity index (χ2v) is 7.53. The molecule has 0 aliphatic carbocycles. The third kappa shape index (κ3) is 5.79. The molecule has 130 valence electrons. The molecular formula is C17H23FN4S2. The number of nitrogens with one attached hydrogen (secondary N) is 2. The molecule has 0 atom stereocenters. The smallest absolute Gasteiger partial charge is 0.191 e. The van der Waals surface area contributed by atoms with Gasteiger partial charge in [0.15, 0.2) is 5.96 Å². The fourth-order valence-corrected chi connectivity index (χ4v) is 3.64. The van der Waals surface area contributed by atoms with Crippen LogP contribution in [0.5, 0.6) is 0 Å². The van der Waals surface area contributed by atoms with Gasteiger partial charge in [0.25, 0.3) is 0 Å². The molecule has 2 N–H and O–H groups in total. The van der Waals surface area contributed by atoms with Crippen LogP contribution in [-0.4, -0.2) is 30.3 Å². The van der Waals surface area contributed by atoms with Gasteiger partial charge in [-0.25, -0.2) is 9.37 Å². The molecule has 0 aliphatic rings. The molecule has 2 aromatic rings. The summed E-state index contributed by atoms with van der Waals surface area (Å²) in [5.74, 6) is 1.76. The quantitative estimate of drug-likeness (QED) is 0.338. The van der Waals surface area contributed by atoms with Gasteiger partial charge in [-0.3, -0.25) is 4.99 Å². The van der Waals surface area contributed by atoms with E-state index >= 15 is 0 Å². The summed E-state index contributed by atoms with van der Waals surface area (Å²) in [5, 5.41) is 9.63. The number of aromatic nitrogens is 1. The van der Waals surface area contributed by atoms with Crippen LogP contribution in [0.3, 0.4) is 0 Å². The van der Waals surface area contributed by atoms with Crippen LogP contribution in [0.15, 0.2) is 39.5 Å². The highest BCUT2D eigenvalue weighted by Gasteiger charge is 2.06. The Morgan fingerprint density at radius 1 is 1.33 bits per heavy atom. The van der Waals surface area contributed by atoms with Crippen LogP contribution in [-0.2, 0) is 6.54 Å². The fraction of sp³-hybridized carbons (Fsp3) is 0.412. The maximum atomic E-state index is 13.5. The van der Waals surface area contributed by atoms with Crippen LogP contribution >= 0.6 is 23.1 Å². The van der Waals surface area contributed by atoms with E-state index in [4.69, 9.17) is 0 Å². The van der Waals surface area contributed by atoms with Gasteiger partial charge in [0.1, 0.15) is 10.8 Å². The van der Waals surface area contributed by atoms with Crippen LogP contribution < -0.4 is 10.6 Å². The van der Waals surface area contributed by atoms with E-state index in [0.717, 1.165) is 22.4 Å². The van der Waals surface area contributed by atoms with Crippen molar-refractivity contribution in [1.82, 2.24) is 15.6 Å². The molecule has 1 aromatic heterocycles. The largest absolute Gasteiger partial charge is 0.356 e. The number of aliphatic imine (C=N–C) groups is 1. The van der Waals surface area contributed by atoms with Gasteiger partial charge in [-0.2, -0.15) is 0 Å². The number of benzene rings is 1. The topological polar surface area (TPSA) is 49.3 Å². The van der Waals surface area contributed by atoms with Gasteiger partial charge in [0.2, 0.25) is 0 Å². The Labute approximate surface area is 151 Å². The molecule has 1 aromatic carbocycles. The molecule has 0 spiro atoms. The molecule has 0 amide bonds. The predicted molar refractivity (Wildman–Crippen MR) is 102 cm³/mol. The molecule has 0 aliphatic heterocycles. The molecule has 0 saturated heterocycles. The minimum atomic E-state index is -0.172. The standard InChI is InChI=1S/C17H23FN4S2/c1-12(2)14-11-24-16(22-14)10-21-17(19-3)20-8-9-23-15-7-5-4-6-13(15)18/h4-7,11-12H,8-10H2,1-3H3,(H2,19,20,21). The molecule has 0 bridgehead atoms. The summed E-state index contributed by atoms with van der Waals surface area (Å²) in [6.07, 6.45) is 0. The van der Waals surface area contributed by atoms with Crippen molar-refractivity contribution in [3.05, 3.63) is 46.2 Å². The van der Waals surface area contributed by atoms with Crippen molar-refractivity contribution in [2.24, 2.45) is 4.99 Å². The molecule has 0 saturated carbocycles. The van der Waals surface area contributed by atoms with Crippen LogP contribution in [0, 0.1) is 5.82 Å². The monoisotopic (exact) mass is 366 g/mol. The van der Waals surface area contributed by atoms with E-state index < -0.39 is 0 Å². The lowest BCUT2D eigenvalue weighted by molar-refractivity contribution is 0.602. The number of thiazole rings is 1. The Kier molecular flexibility index (Phi) is 7.52. The van der Waals surface area contributed by atoms with Crippen molar-refractivity contribution in [3.8, 4) is 0 Å². The summed E-state index contributed by atoms with van der Waals surface area (Å²) in [6, 6.07) is 6.82. The van der Waals surface area contributed by atoms with Gasteiger partial charge in [0, 0.05) is 29.6 Å². The number of nitrogens with zero attached hydrogens (tertiary/aromatic N) is 2. The first kappa shape index (κ1) is 18.7. The van der Waals surface area contributed by atoms with E-state index in [0.29, 0.717) is 23.9 Å². The summed E-state index contributed by atoms with van der Waals surface area (Å²) < 4.78 is 13.5. The summed E-state index contributed by atoms with van der Waals surface area (Å²) in [7, 11) is 1.74. The third-order valence-corrected chi connectivity index (χ3v) is 5.20. The third-order valence-electron chi connectivity index (χ3n) is 3.28. The molecule has 0 unspecified atom stereocenters. The summed E-state index contributed by atoms with van der Waals surface area (Å²) in [5.41, 5.74) is 1.13. The van der Waals surface area contributed by atoms with Gasteiger partial charge in [-0.15, -0.1) is 23.1 Å². The lowest BCUT2D eigenvalue weighted by Crippen LogP contribution is -2.37. The highest BCUT2D eigenvalue weighted by molar-refractivity contribution is 7.99. The van der Waals surface area contributed by atoms with Crippen molar-refractivity contribution in [3.63, 3.8) is 0 Å². The van der Waals surface area contributed by atoms with Crippen LogP contribution in [0.4, 0.5) is 4.39 Å². The van der Waals surface area contributed by atoms with E-state index in [1.807, 2.05) is 6.07 Å². The number of guanidine groups is 1. The molecule has 1 heterocycles. The number of thioether (sulfide) groups is 1. The second-order valence-electron chi connectivity index (χ2n) is 5.45. The van der Waals surface area contributed by atoms with E-state index in [-0.39, 0.29) is 5.82 Å². The highest BCUT2D eigenvalue weighted by Crippen LogP contribution is 2.20. The van der Waals surface area contributed by atoms with E-state index in [9.17, 15) is 4.39 Å². The molecule has 4 nitrogen and oxygen atoms in total. The zero-order valence-corrected chi connectivity index (χ0v) is 15.8.